The van der Waals surface area contributed by atoms with Gasteiger partial charge in [-0.1, -0.05) is 18.5 Å². The lowest BCUT2D eigenvalue weighted by Crippen LogP contribution is -1.95. The van der Waals surface area contributed by atoms with Gasteiger partial charge in [0, 0.05) is 16.5 Å². The van der Waals surface area contributed by atoms with Crippen molar-refractivity contribution in [2.24, 2.45) is 0 Å². The second kappa shape index (κ2) is 4.15. The minimum atomic E-state index is 0.776. The van der Waals surface area contributed by atoms with E-state index in [1.165, 1.54) is 5.56 Å². The van der Waals surface area contributed by atoms with Crippen molar-refractivity contribution in [3.05, 3.63) is 27.2 Å². The zero-order valence-electron chi connectivity index (χ0n) is 7.12. The number of rotatable bonds is 2. The van der Waals surface area contributed by atoms with Crippen molar-refractivity contribution in [3.63, 3.8) is 0 Å². The molecule has 0 radical (unpaired) electrons. The van der Waals surface area contributed by atoms with E-state index in [4.69, 9.17) is 11.6 Å². The van der Waals surface area contributed by atoms with Crippen LogP contribution in [0.25, 0.3) is 0 Å². The molecule has 0 aliphatic rings. The fourth-order valence-electron chi connectivity index (χ4n) is 1.19. The van der Waals surface area contributed by atoms with Crippen LogP contribution in [-0.2, 0) is 6.42 Å². The Hall–Kier alpha value is -0.210. The van der Waals surface area contributed by atoms with Gasteiger partial charge in [-0.3, -0.25) is 0 Å². The molecule has 0 aromatic heterocycles. The average Bonchev–Trinajstić information content (AvgIpc) is 2.03. The standard InChI is InChI=1S/C9H11BrClN/c1-3-6-4-7(11)5-8(10)9(6)12-2/h4-5,12H,3H2,1-2H3. The molecule has 1 aromatic rings. The molecular weight excluding hydrogens is 237 g/mol. The molecule has 0 saturated heterocycles. The lowest BCUT2D eigenvalue weighted by Gasteiger charge is -2.09. The predicted molar refractivity (Wildman–Crippen MR) is 58.1 cm³/mol. The highest BCUT2D eigenvalue weighted by Gasteiger charge is 2.04. The Balaban J connectivity index is 3.24. The molecule has 0 aliphatic carbocycles. The highest BCUT2D eigenvalue weighted by Crippen LogP contribution is 2.30. The van der Waals surface area contributed by atoms with Gasteiger partial charge in [0.1, 0.15) is 0 Å². The number of hydrogen-bond donors (Lipinski definition) is 1. The Bertz CT molecular complexity index is 286. The Labute approximate surface area is 86.2 Å². The van der Waals surface area contributed by atoms with Crippen LogP contribution in [0.5, 0.6) is 0 Å². The van der Waals surface area contributed by atoms with Gasteiger partial charge in [-0.2, -0.15) is 0 Å². The molecule has 0 bridgehead atoms. The first-order chi connectivity index (χ1) is 5.69. The van der Waals surface area contributed by atoms with Gasteiger partial charge >= 0.3 is 0 Å². The highest BCUT2D eigenvalue weighted by molar-refractivity contribution is 9.10. The molecule has 0 unspecified atom stereocenters. The molecular formula is C9H11BrClN. The third-order valence-corrected chi connectivity index (χ3v) is 2.61. The van der Waals surface area contributed by atoms with E-state index < -0.39 is 0 Å². The molecule has 1 nitrogen and oxygen atoms in total. The molecule has 3 heteroatoms. The summed E-state index contributed by atoms with van der Waals surface area (Å²) in [6.45, 7) is 2.11. The van der Waals surface area contributed by atoms with Gasteiger partial charge in [-0.15, -0.1) is 0 Å². The SMILES string of the molecule is CCc1cc(Cl)cc(Br)c1NC. The second-order valence-corrected chi connectivity index (χ2v) is 3.82. The molecule has 1 rings (SSSR count). The van der Waals surface area contributed by atoms with Crippen LogP contribution in [0.2, 0.25) is 5.02 Å². The summed E-state index contributed by atoms with van der Waals surface area (Å²) in [5.41, 5.74) is 2.36. The Kier molecular flexibility index (Phi) is 3.41. The van der Waals surface area contributed by atoms with E-state index >= 15 is 0 Å². The smallest absolute Gasteiger partial charge is 0.0515 e. The Morgan fingerprint density at radius 2 is 2.17 bits per heavy atom. The van der Waals surface area contributed by atoms with Crippen molar-refractivity contribution >= 4 is 33.2 Å². The van der Waals surface area contributed by atoms with Crippen molar-refractivity contribution < 1.29 is 0 Å². The zero-order valence-corrected chi connectivity index (χ0v) is 9.46. The molecule has 66 valence electrons. The van der Waals surface area contributed by atoms with E-state index in [9.17, 15) is 0 Å². The molecule has 0 aliphatic heterocycles. The van der Waals surface area contributed by atoms with Gasteiger partial charge in [0.2, 0.25) is 0 Å². The first-order valence-electron chi connectivity index (χ1n) is 3.84. The second-order valence-electron chi connectivity index (χ2n) is 2.53. The van der Waals surface area contributed by atoms with E-state index in [-0.39, 0.29) is 0 Å². The van der Waals surface area contributed by atoms with Crippen LogP contribution in [0.1, 0.15) is 12.5 Å². The third kappa shape index (κ3) is 1.93. The molecule has 0 fully saturated rings. The highest BCUT2D eigenvalue weighted by atomic mass is 79.9. The number of aryl methyl sites for hydroxylation is 1. The monoisotopic (exact) mass is 247 g/mol. The van der Waals surface area contributed by atoms with Gasteiger partial charge in [0.05, 0.1) is 5.69 Å². The first-order valence-corrected chi connectivity index (χ1v) is 5.01. The summed E-state index contributed by atoms with van der Waals surface area (Å²) in [5.74, 6) is 0. The average molecular weight is 249 g/mol. The summed E-state index contributed by atoms with van der Waals surface area (Å²) < 4.78 is 1.02. The molecule has 1 aromatic carbocycles. The molecule has 0 heterocycles. The van der Waals surface area contributed by atoms with Gasteiger partial charge in [-0.05, 0) is 40.0 Å². The van der Waals surface area contributed by atoms with Gasteiger partial charge < -0.3 is 5.32 Å². The number of benzene rings is 1. The van der Waals surface area contributed by atoms with Crippen LogP contribution in [0.4, 0.5) is 5.69 Å². The lowest BCUT2D eigenvalue weighted by molar-refractivity contribution is 1.13. The first kappa shape index (κ1) is 9.87. The summed E-state index contributed by atoms with van der Waals surface area (Å²) in [6.07, 6.45) is 0.981. The number of hydrogen-bond acceptors (Lipinski definition) is 1. The fourth-order valence-corrected chi connectivity index (χ4v) is 2.26. The van der Waals surface area contributed by atoms with Crippen LogP contribution in [0.3, 0.4) is 0 Å². The molecule has 0 atom stereocenters. The van der Waals surface area contributed by atoms with Crippen LogP contribution >= 0.6 is 27.5 Å². The summed E-state index contributed by atoms with van der Waals surface area (Å²) >= 11 is 9.35. The maximum atomic E-state index is 5.90. The molecule has 1 N–H and O–H groups in total. The number of anilines is 1. The van der Waals surface area contributed by atoms with E-state index in [1.54, 1.807) is 0 Å². The summed E-state index contributed by atoms with van der Waals surface area (Å²) in [7, 11) is 1.91. The van der Waals surface area contributed by atoms with E-state index in [2.05, 4.69) is 28.2 Å². The van der Waals surface area contributed by atoms with Crippen molar-refractivity contribution in [1.82, 2.24) is 0 Å². The van der Waals surface area contributed by atoms with Crippen LogP contribution in [-0.4, -0.2) is 7.05 Å². The maximum Gasteiger partial charge on any atom is 0.0515 e. The zero-order chi connectivity index (χ0) is 9.14. The van der Waals surface area contributed by atoms with E-state index in [0.29, 0.717) is 0 Å². The van der Waals surface area contributed by atoms with Crippen molar-refractivity contribution in [2.45, 2.75) is 13.3 Å². The molecule has 0 saturated carbocycles. The van der Waals surface area contributed by atoms with Crippen LogP contribution in [0.15, 0.2) is 16.6 Å². The minimum Gasteiger partial charge on any atom is -0.387 e. The topological polar surface area (TPSA) is 12.0 Å². The van der Waals surface area contributed by atoms with Crippen LogP contribution in [0, 0.1) is 0 Å². The van der Waals surface area contributed by atoms with Crippen molar-refractivity contribution in [1.29, 1.82) is 0 Å². The Morgan fingerprint density at radius 1 is 1.50 bits per heavy atom. The lowest BCUT2D eigenvalue weighted by atomic mass is 10.1. The predicted octanol–water partition coefficient (Wildman–Crippen LogP) is 3.71. The normalized spacial score (nSPS) is 10.0. The number of halogens is 2. The summed E-state index contributed by atoms with van der Waals surface area (Å²) in [4.78, 5) is 0. The molecule has 12 heavy (non-hydrogen) atoms. The third-order valence-electron chi connectivity index (χ3n) is 1.77. The van der Waals surface area contributed by atoms with Gasteiger partial charge in [-0.25, -0.2) is 0 Å². The summed E-state index contributed by atoms with van der Waals surface area (Å²) in [6, 6.07) is 3.88. The van der Waals surface area contributed by atoms with Crippen molar-refractivity contribution in [3.8, 4) is 0 Å². The van der Waals surface area contributed by atoms with Crippen LogP contribution < -0.4 is 5.32 Å². The van der Waals surface area contributed by atoms with Gasteiger partial charge in [0.25, 0.3) is 0 Å². The van der Waals surface area contributed by atoms with Gasteiger partial charge in [0.15, 0.2) is 0 Å². The van der Waals surface area contributed by atoms with E-state index in [0.717, 1.165) is 21.6 Å². The Morgan fingerprint density at radius 3 is 2.67 bits per heavy atom. The maximum absolute atomic E-state index is 5.90. The van der Waals surface area contributed by atoms with Crippen molar-refractivity contribution in [2.75, 3.05) is 12.4 Å². The quantitative estimate of drug-likeness (QED) is 0.841. The van der Waals surface area contributed by atoms with E-state index in [1.807, 2.05) is 19.2 Å². The summed E-state index contributed by atoms with van der Waals surface area (Å²) in [5, 5.41) is 3.91. The molecule has 0 spiro atoms. The largest absolute Gasteiger partial charge is 0.387 e. The molecule has 0 amide bonds. The fraction of sp³-hybridized carbons (Fsp3) is 0.333. The minimum absolute atomic E-state index is 0.776. The number of nitrogens with one attached hydrogen (secondary N) is 1.